The van der Waals surface area contributed by atoms with Gasteiger partial charge < -0.3 is 15.2 Å². The molecule has 0 aromatic carbocycles. The minimum absolute atomic E-state index is 0.0266. The van der Waals surface area contributed by atoms with Crippen LogP contribution in [-0.4, -0.2) is 52.5 Å². The fourth-order valence-electron chi connectivity index (χ4n) is 3.34. The Balaban J connectivity index is 2.08. The van der Waals surface area contributed by atoms with Crippen LogP contribution in [0.25, 0.3) is 0 Å². The molecular formula is C15H28N2O3. The average Bonchev–Trinajstić information content (AvgIpc) is 2.62. The first-order chi connectivity index (χ1) is 9.33. The van der Waals surface area contributed by atoms with Crippen molar-refractivity contribution in [2.45, 2.75) is 83.2 Å². The molecule has 4 atom stereocenters. The molecule has 2 fully saturated rings. The number of nitrogens with zero attached hydrogens (tertiary/aromatic N) is 1. The molecule has 5 nitrogen and oxygen atoms in total. The van der Waals surface area contributed by atoms with Crippen LogP contribution in [0.1, 0.15) is 53.4 Å². The molecular weight excluding hydrogens is 256 g/mol. The highest BCUT2D eigenvalue weighted by molar-refractivity contribution is 5.70. The molecule has 116 valence electrons. The van der Waals surface area contributed by atoms with Crippen molar-refractivity contribution >= 4 is 6.09 Å². The number of hydrogen-bond donors (Lipinski definition) is 2. The summed E-state index contributed by atoms with van der Waals surface area (Å²) < 4.78 is 5.52. The molecule has 2 aliphatic rings. The van der Waals surface area contributed by atoms with Crippen molar-refractivity contribution in [3.8, 4) is 0 Å². The van der Waals surface area contributed by atoms with Crippen molar-refractivity contribution in [2.75, 3.05) is 6.54 Å². The third-order valence-electron chi connectivity index (χ3n) is 4.15. The molecule has 0 aromatic heterocycles. The van der Waals surface area contributed by atoms with E-state index in [1.165, 1.54) is 0 Å². The van der Waals surface area contributed by atoms with Gasteiger partial charge in [0.1, 0.15) is 5.60 Å². The first kappa shape index (κ1) is 15.6. The zero-order chi connectivity index (χ0) is 14.9. The summed E-state index contributed by atoms with van der Waals surface area (Å²) in [5, 5.41) is 13.7. The lowest BCUT2D eigenvalue weighted by Crippen LogP contribution is -2.63. The van der Waals surface area contributed by atoms with E-state index in [1.807, 2.05) is 25.7 Å². The number of aliphatic hydroxyl groups is 1. The summed E-state index contributed by atoms with van der Waals surface area (Å²) in [4.78, 5) is 14.3. The predicted octanol–water partition coefficient (Wildman–Crippen LogP) is 1.89. The van der Waals surface area contributed by atoms with E-state index >= 15 is 0 Å². The summed E-state index contributed by atoms with van der Waals surface area (Å²) >= 11 is 0. The highest BCUT2D eigenvalue weighted by Gasteiger charge is 2.47. The molecule has 2 N–H and O–H groups in total. The Bertz CT molecular complexity index is 354. The number of hydrogen-bond acceptors (Lipinski definition) is 4. The van der Waals surface area contributed by atoms with E-state index in [4.69, 9.17) is 4.74 Å². The molecule has 2 bridgehead atoms. The van der Waals surface area contributed by atoms with Crippen LogP contribution in [0, 0.1) is 0 Å². The summed E-state index contributed by atoms with van der Waals surface area (Å²) in [7, 11) is 0. The number of aliphatic hydroxyl groups excluding tert-OH is 1. The molecule has 0 spiro atoms. The fraction of sp³-hybridized carbons (Fsp3) is 0.933. The highest BCUT2D eigenvalue weighted by Crippen LogP contribution is 2.33. The van der Waals surface area contributed by atoms with E-state index in [9.17, 15) is 9.90 Å². The van der Waals surface area contributed by atoms with E-state index in [2.05, 4.69) is 12.2 Å². The predicted molar refractivity (Wildman–Crippen MR) is 77.6 cm³/mol. The van der Waals surface area contributed by atoms with Gasteiger partial charge in [-0.25, -0.2) is 4.79 Å². The number of rotatable bonds is 3. The summed E-state index contributed by atoms with van der Waals surface area (Å²) in [6, 6.07) is 0.242. The first-order valence-corrected chi connectivity index (χ1v) is 7.76. The lowest BCUT2D eigenvalue weighted by molar-refractivity contribution is -0.0103. The Kier molecular flexibility index (Phi) is 4.59. The van der Waals surface area contributed by atoms with Crippen LogP contribution in [0.5, 0.6) is 0 Å². The van der Waals surface area contributed by atoms with Crippen LogP contribution in [0.15, 0.2) is 0 Å². The molecule has 1 unspecified atom stereocenters. The van der Waals surface area contributed by atoms with E-state index in [1.54, 1.807) is 0 Å². The second-order valence-corrected chi connectivity index (χ2v) is 6.98. The Morgan fingerprint density at radius 2 is 2.15 bits per heavy atom. The molecule has 0 radical (unpaired) electrons. The van der Waals surface area contributed by atoms with Crippen molar-refractivity contribution in [2.24, 2.45) is 0 Å². The second-order valence-electron chi connectivity index (χ2n) is 6.98. The maximum Gasteiger partial charge on any atom is 0.410 e. The summed E-state index contributed by atoms with van der Waals surface area (Å²) in [6.07, 6.45) is 3.02. The van der Waals surface area contributed by atoms with Gasteiger partial charge >= 0.3 is 6.09 Å². The lowest BCUT2D eigenvalue weighted by Gasteiger charge is -2.42. The minimum atomic E-state index is -0.473. The molecule has 2 heterocycles. The molecule has 20 heavy (non-hydrogen) atoms. The van der Waals surface area contributed by atoms with Gasteiger partial charge in [0, 0.05) is 12.6 Å². The van der Waals surface area contributed by atoms with Crippen molar-refractivity contribution in [1.82, 2.24) is 10.2 Å². The van der Waals surface area contributed by atoms with E-state index in [0.717, 1.165) is 32.2 Å². The van der Waals surface area contributed by atoms with Crippen molar-refractivity contribution in [3.63, 3.8) is 0 Å². The molecule has 2 rings (SSSR count). The molecule has 2 saturated heterocycles. The second kappa shape index (κ2) is 5.90. The smallest absolute Gasteiger partial charge is 0.410 e. The number of piperazine rings is 1. The van der Waals surface area contributed by atoms with Crippen LogP contribution in [-0.2, 0) is 4.74 Å². The van der Waals surface area contributed by atoms with Crippen LogP contribution in [0.2, 0.25) is 0 Å². The van der Waals surface area contributed by atoms with Crippen LogP contribution in [0.3, 0.4) is 0 Å². The number of nitrogens with one attached hydrogen (secondary N) is 1. The van der Waals surface area contributed by atoms with Crippen LogP contribution >= 0.6 is 0 Å². The van der Waals surface area contributed by atoms with Gasteiger partial charge in [0.15, 0.2) is 0 Å². The normalized spacial score (nSPS) is 31.2. The third kappa shape index (κ3) is 3.26. The Morgan fingerprint density at radius 1 is 1.45 bits per heavy atom. The Morgan fingerprint density at radius 3 is 2.75 bits per heavy atom. The van der Waals surface area contributed by atoms with Crippen molar-refractivity contribution in [1.29, 1.82) is 0 Å². The molecule has 5 heteroatoms. The van der Waals surface area contributed by atoms with Gasteiger partial charge in [0.25, 0.3) is 0 Å². The van der Waals surface area contributed by atoms with Gasteiger partial charge in [-0.1, -0.05) is 13.3 Å². The zero-order valence-corrected chi connectivity index (χ0v) is 13.1. The van der Waals surface area contributed by atoms with Crippen LogP contribution < -0.4 is 5.32 Å². The third-order valence-corrected chi connectivity index (χ3v) is 4.15. The number of carbonyl (C=O) groups excluding carboxylic acids is 1. The average molecular weight is 284 g/mol. The number of amides is 1. The highest BCUT2D eigenvalue weighted by atomic mass is 16.6. The molecule has 0 saturated carbocycles. The quantitative estimate of drug-likeness (QED) is 0.831. The van der Waals surface area contributed by atoms with Gasteiger partial charge in [-0.05, 0) is 40.0 Å². The van der Waals surface area contributed by atoms with Crippen molar-refractivity contribution < 1.29 is 14.6 Å². The fourth-order valence-corrected chi connectivity index (χ4v) is 3.34. The number of fused-ring (bicyclic) bond motifs is 2. The van der Waals surface area contributed by atoms with Gasteiger partial charge in [0.2, 0.25) is 0 Å². The van der Waals surface area contributed by atoms with Gasteiger partial charge in [0.05, 0.1) is 18.2 Å². The number of carbonyl (C=O) groups is 1. The van der Waals surface area contributed by atoms with Gasteiger partial charge in [-0.15, -0.1) is 0 Å². The number of ether oxygens (including phenoxy) is 1. The largest absolute Gasteiger partial charge is 0.444 e. The zero-order valence-electron chi connectivity index (χ0n) is 13.1. The molecule has 0 aliphatic carbocycles. The molecule has 0 aromatic rings. The summed E-state index contributed by atoms with van der Waals surface area (Å²) in [5.41, 5.74) is -0.473. The summed E-state index contributed by atoms with van der Waals surface area (Å²) in [5.74, 6) is 0. The maximum absolute atomic E-state index is 12.4. The SMILES string of the molecule is CCCC(O)[C@H]1NC[C@@H]2CC[C@@H]1N2C(=O)OC(C)(C)C. The minimum Gasteiger partial charge on any atom is -0.444 e. The van der Waals surface area contributed by atoms with Crippen molar-refractivity contribution in [3.05, 3.63) is 0 Å². The lowest BCUT2D eigenvalue weighted by atomic mass is 9.96. The maximum atomic E-state index is 12.4. The topological polar surface area (TPSA) is 61.8 Å². The monoisotopic (exact) mass is 284 g/mol. The molecule has 1 amide bonds. The standard InChI is InChI=1S/C15H28N2O3/c1-5-6-12(18)13-11-8-7-10(9-16-13)17(11)14(19)20-15(2,3)4/h10-13,16,18H,5-9H2,1-4H3/t10-,11-,12?,13-/m0/s1. The first-order valence-electron chi connectivity index (χ1n) is 7.76. The van der Waals surface area contributed by atoms with E-state index < -0.39 is 11.7 Å². The summed E-state index contributed by atoms with van der Waals surface area (Å²) in [6.45, 7) is 8.48. The van der Waals surface area contributed by atoms with Gasteiger partial charge in [-0.2, -0.15) is 0 Å². The van der Waals surface area contributed by atoms with E-state index in [0.29, 0.717) is 0 Å². The van der Waals surface area contributed by atoms with Crippen LogP contribution in [0.4, 0.5) is 4.79 Å². The van der Waals surface area contributed by atoms with E-state index in [-0.39, 0.29) is 24.2 Å². The molecule has 2 aliphatic heterocycles. The Hall–Kier alpha value is -0.810. The Labute approximate surface area is 121 Å². The van der Waals surface area contributed by atoms with Gasteiger partial charge in [-0.3, -0.25) is 4.90 Å².